The van der Waals surface area contributed by atoms with Crippen molar-refractivity contribution in [3.63, 3.8) is 0 Å². The number of anilines is 1. The third kappa shape index (κ3) is 4.63. The van der Waals surface area contributed by atoms with Gasteiger partial charge < -0.3 is 15.2 Å². The van der Waals surface area contributed by atoms with Gasteiger partial charge in [0.25, 0.3) is 0 Å². The Labute approximate surface area is 125 Å². The Morgan fingerprint density at radius 2 is 1.82 bits per heavy atom. The highest BCUT2D eigenvalue weighted by atomic mass is 19.4. The smallest absolute Gasteiger partial charge is 0.416 e. The summed E-state index contributed by atoms with van der Waals surface area (Å²) in [6, 6.07) is 8.36. The van der Waals surface area contributed by atoms with Crippen molar-refractivity contribution in [3.05, 3.63) is 53.7 Å². The van der Waals surface area contributed by atoms with Crippen LogP contribution in [-0.2, 0) is 12.7 Å². The summed E-state index contributed by atoms with van der Waals surface area (Å²) in [6.45, 7) is 0.470. The molecule has 0 saturated carbocycles. The van der Waals surface area contributed by atoms with Gasteiger partial charge in [0.15, 0.2) is 0 Å². The van der Waals surface area contributed by atoms with E-state index in [0.29, 0.717) is 12.4 Å². The number of rotatable bonds is 6. The van der Waals surface area contributed by atoms with Crippen LogP contribution in [0.3, 0.4) is 0 Å². The molecule has 7 heteroatoms. The summed E-state index contributed by atoms with van der Waals surface area (Å²) in [4.78, 5) is 4.03. The van der Waals surface area contributed by atoms with Gasteiger partial charge in [0.05, 0.1) is 24.1 Å². The molecule has 0 unspecified atom stereocenters. The van der Waals surface area contributed by atoms with Crippen LogP contribution in [0.15, 0.2) is 42.6 Å². The van der Waals surface area contributed by atoms with E-state index in [9.17, 15) is 13.2 Å². The third-order valence-corrected chi connectivity index (χ3v) is 2.86. The molecule has 1 heterocycles. The number of nitrogens with zero attached hydrogens (tertiary/aromatic N) is 1. The molecule has 1 aromatic carbocycles. The molecule has 2 N–H and O–H groups in total. The molecule has 0 fully saturated rings. The third-order valence-electron chi connectivity index (χ3n) is 2.86. The summed E-state index contributed by atoms with van der Waals surface area (Å²) < 4.78 is 42.5. The van der Waals surface area contributed by atoms with Crippen molar-refractivity contribution in [3.8, 4) is 5.88 Å². The molecule has 2 rings (SSSR count). The molecular formula is C15H15F3N2O2. The predicted octanol–water partition coefficient (Wildman–Crippen LogP) is 3.08. The van der Waals surface area contributed by atoms with Gasteiger partial charge in [-0.2, -0.15) is 13.2 Å². The zero-order chi connectivity index (χ0) is 16.0. The van der Waals surface area contributed by atoms with Crippen LogP contribution in [0.5, 0.6) is 5.88 Å². The largest absolute Gasteiger partial charge is 0.475 e. The van der Waals surface area contributed by atoms with Crippen molar-refractivity contribution in [2.45, 2.75) is 12.7 Å². The van der Waals surface area contributed by atoms with Gasteiger partial charge in [0.2, 0.25) is 5.88 Å². The van der Waals surface area contributed by atoms with E-state index in [2.05, 4.69) is 10.3 Å². The zero-order valence-electron chi connectivity index (χ0n) is 11.6. The molecule has 1 aromatic heterocycles. The Hall–Kier alpha value is -2.28. The fourth-order valence-electron chi connectivity index (χ4n) is 1.74. The van der Waals surface area contributed by atoms with Crippen LogP contribution in [0.2, 0.25) is 0 Å². The average Bonchev–Trinajstić information content (AvgIpc) is 2.51. The van der Waals surface area contributed by atoms with Crippen molar-refractivity contribution in [1.82, 2.24) is 4.98 Å². The highest BCUT2D eigenvalue weighted by Gasteiger charge is 2.29. The van der Waals surface area contributed by atoms with Crippen LogP contribution < -0.4 is 10.1 Å². The molecule has 2 aromatic rings. The number of aliphatic hydroxyl groups is 1. The van der Waals surface area contributed by atoms with Crippen LogP contribution >= 0.6 is 0 Å². The monoisotopic (exact) mass is 312 g/mol. The van der Waals surface area contributed by atoms with E-state index in [1.54, 1.807) is 18.3 Å². The van der Waals surface area contributed by atoms with Gasteiger partial charge in [-0.3, -0.25) is 0 Å². The van der Waals surface area contributed by atoms with Gasteiger partial charge in [-0.25, -0.2) is 4.98 Å². The summed E-state index contributed by atoms with van der Waals surface area (Å²) in [7, 11) is 0. The first-order chi connectivity index (χ1) is 10.5. The first kappa shape index (κ1) is 16.1. The molecule has 0 amide bonds. The standard InChI is InChI=1S/C15H15F3N2O2/c16-15(17,18)12-3-1-11(2-4-12)9-19-13-5-6-14(20-10-13)22-8-7-21/h1-6,10,19,21H,7-9H2. The van der Waals surface area contributed by atoms with Crippen LogP contribution in [0.25, 0.3) is 0 Å². The quantitative estimate of drug-likeness (QED) is 0.861. The fraction of sp³-hybridized carbons (Fsp3) is 0.267. The number of aliphatic hydroxyl groups excluding tert-OH is 1. The highest BCUT2D eigenvalue weighted by Crippen LogP contribution is 2.29. The van der Waals surface area contributed by atoms with Gasteiger partial charge in [-0.05, 0) is 23.8 Å². The molecule has 0 saturated heterocycles. The number of aromatic nitrogens is 1. The van der Waals surface area contributed by atoms with Crippen molar-refractivity contribution in [2.24, 2.45) is 0 Å². The van der Waals surface area contributed by atoms with E-state index in [1.807, 2.05) is 0 Å². The summed E-state index contributed by atoms with van der Waals surface area (Å²) in [5.74, 6) is 0.397. The second-order valence-corrected chi connectivity index (χ2v) is 4.51. The number of hydrogen-bond acceptors (Lipinski definition) is 4. The maximum absolute atomic E-state index is 12.4. The fourth-order valence-corrected chi connectivity index (χ4v) is 1.74. The number of hydrogen-bond donors (Lipinski definition) is 2. The lowest BCUT2D eigenvalue weighted by Gasteiger charge is -2.09. The van der Waals surface area contributed by atoms with E-state index < -0.39 is 11.7 Å². The number of pyridine rings is 1. The minimum absolute atomic E-state index is 0.0877. The maximum Gasteiger partial charge on any atom is 0.416 e. The second kappa shape index (κ2) is 7.13. The number of halogens is 3. The molecule has 0 aliphatic carbocycles. The number of ether oxygens (including phenoxy) is 1. The Balaban J connectivity index is 1.90. The van der Waals surface area contributed by atoms with Gasteiger partial charge in [-0.15, -0.1) is 0 Å². The lowest BCUT2D eigenvalue weighted by Crippen LogP contribution is -2.06. The van der Waals surface area contributed by atoms with Crippen molar-refractivity contribution >= 4 is 5.69 Å². The number of nitrogens with one attached hydrogen (secondary N) is 1. The Bertz CT molecular complexity index is 583. The Kier molecular flexibility index (Phi) is 5.21. The van der Waals surface area contributed by atoms with E-state index >= 15 is 0 Å². The predicted molar refractivity (Wildman–Crippen MR) is 75.6 cm³/mol. The molecule has 0 aliphatic rings. The number of benzene rings is 1. The highest BCUT2D eigenvalue weighted by molar-refractivity contribution is 5.43. The summed E-state index contributed by atoms with van der Waals surface area (Å²) >= 11 is 0. The van der Waals surface area contributed by atoms with E-state index in [0.717, 1.165) is 23.4 Å². The minimum Gasteiger partial charge on any atom is -0.475 e. The topological polar surface area (TPSA) is 54.4 Å². The average molecular weight is 312 g/mol. The lowest BCUT2D eigenvalue weighted by molar-refractivity contribution is -0.137. The maximum atomic E-state index is 12.4. The lowest BCUT2D eigenvalue weighted by atomic mass is 10.1. The first-order valence-electron chi connectivity index (χ1n) is 6.59. The second-order valence-electron chi connectivity index (χ2n) is 4.51. The van der Waals surface area contributed by atoms with Crippen molar-refractivity contribution in [1.29, 1.82) is 0 Å². The van der Waals surface area contributed by atoms with Crippen molar-refractivity contribution in [2.75, 3.05) is 18.5 Å². The Morgan fingerprint density at radius 1 is 1.09 bits per heavy atom. The van der Waals surface area contributed by atoms with Gasteiger partial charge >= 0.3 is 6.18 Å². The van der Waals surface area contributed by atoms with Crippen molar-refractivity contribution < 1.29 is 23.0 Å². The summed E-state index contributed by atoms with van der Waals surface area (Å²) in [5.41, 5.74) is 0.785. The molecule has 0 radical (unpaired) electrons. The Morgan fingerprint density at radius 3 is 2.36 bits per heavy atom. The SMILES string of the molecule is OCCOc1ccc(NCc2ccc(C(F)(F)F)cc2)cn1. The van der Waals surface area contributed by atoms with Crippen LogP contribution in [0.4, 0.5) is 18.9 Å². The van der Waals surface area contributed by atoms with E-state index in [-0.39, 0.29) is 13.2 Å². The molecule has 0 spiro atoms. The van der Waals surface area contributed by atoms with Gasteiger partial charge in [0.1, 0.15) is 6.61 Å². The summed E-state index contributed by atoms with van der Waals surface area (Å²) in [6.07, 6.45) is -2.77. The van der Waals surface area contributed by atoms with Gasteiger partial charge in [0, 0.05) is 12.6 Å². The van der Waals surface area contributed by atoms with Crippen LogP contribution in [-0.4, -0.2) is 23.3 Å². The van der Waals surface area contributed by atoms with E-state index in [1.165, 1.54) is 12.1 Å². The van der Waals surface area contributed by atoms with Gasteiger partial charge in [-0.1, -0.05) is 12.1 Å². The minimum atomic E-state index is -4.32. The van der Waals surface area contributed by atoms with Crippen LogP contribution in [0, 0.1) is 0 Å². The normalized spacial score (nSPS) is 11.3. The molecule has 0 aliphatic heterocycles. The van der Waals surface area contributed by atoms with Crippen LogP contribution in [0.1, 0.15) is 11.1 Å². The molecular weight excluding hydrogens is 297 g/mol. The molecule has 0 bridgehead atoms. The van der Waals surface area contributed by atoms with E-state index in [4.69, 9.17) is 9.84 Å². The zero-order valence-corrected chi connectivity index (χ0v) is 11.6. The summed E-state index contributed by atoms with van der Waals surface area (Å²) in [5, 5.41) is 11.7. The molecule has 0 atom stereocenters. The molecule has 22 heavy (non-hydrogen) atoms. The first-order valence-corrected chi connectivity index (χ1v) is 6.59. The molecule has 4 nitrogen and oxygen atoms in total. The number of alkyl halides is 3. The molecule has 118 valence electrons.